The monoisotopic (exact) mass is 388 g/mol. The van der Waals surface area contributed by atoms with E-state index in [9.17, 15) is 9.59 Å². The van der Waals surface area contributed by atoms with Gasteiger partial charge >= 0.3 is 5.97 Å². The first-order valence-electron chi connectivity index (χ1n) is 7.80. The van der Waals surface area contributed by atoms with Crippen molar-refractivity contribution in [3.8, 4) is 0 Å². The number of hydrogen-bond donors (Lipinski definition) is 0. The zero-order valence-electron chi connectivity index (χ0n) is 13.2. The van der Waals surface area contributed by atoms with Gasteiger partial charge in [0.1, 0.15) is 11.7 Å². The SMILES string of the molecule is CCOC(=O)[C@H]1C(=O)C=C(c2ccco2)C[C@H]1c1ccc(Br)cc1. The summed E-state index contributed by atoms with van der Waals surface area (Å²) in [5.74, 6) is -1.13. The van der Waals surface area contributed by atoms with Crippen molar-refractivity contribution in [1.29, 1.82) is 0 Å². The highest BCUT2D eigenvalue weighted by Crippen LogP contribution is 2.40. The fourth-order valence-corrected chi connectivity index (χ4v) is 3.30. The Kier molecular flexibility index (Phi) is 5.00. The third-order valence-electron chi connectivity index (χ3n) is 4.14. The molecule has 0 amide bonds. The van der Waals surface area contributed by atoms with Crippen molar-refractivity contribution in [2.45, 2.75) is 19.3 Å². The van der Waals surface area contributed by atoms with Gasteiger partial charge in [-0.25, -0.2) is 0 Å². The molecule has 0 fully saturated rings. The van der Waals surface area contributed by atoms with Crippen molar-refractivity contribution in [3.63, 3.8) is 0 Å². The molecule has 2 atom stereocenters. The van der Waals surface area contributed by atoms with E-state index in [1.54, 1.807) is 19.3 Å². The van der Waals surface area contributed by atoms with Crippen molar-refractivity contribution >= 4 is 33.3 Å². The van der Waals surface area contributed by atoms with E-state index in [0.717, 1.165) is 15.6 Å². The molecule has 0 unspecified atom stereocenters. The minimum Gasteiger partial charge on any atom is -0.465 e. The summed E-state index contributed by atoms with van der Waals surface area (Å²) in [6.45, 7) is 1.99. The molecule has 1 aromatic heterocycles. The van der Waals surface area contributed by atoms with E-state index in [2.05, 4.69) is 15.9 Å². The van der Waals surface area contributed by atoms with Crippen molar-refractivity contribution in [2.75, 3.05) is 6.61 Å². The lowest BCUT2D eigenvalue weighted by atomic mass is 9.74. The standard InChI is InChI=1S/C19H17BrO4/c1-2-23-19(22)18-15(12-5-7-14(20)8-6-12)10-13(11-16(18)21)17-4-3-9-24-17/h3-9,11,15,18H,2,10H2,1H3/t15-,18+/m0/s1. The molecule has 0 spiro atoms. The molecule has 0 aliphatic heterocycles. The number of esters is 1. The summed E-state index contributed by atoms with van der Waals surface area (Å²) in [7, 11) is 0. The second-order valence-corrected chi connectivity index (χ2v) is 6.56. The molecule has 0 radical (unpaired) electrons. The predicted octanol–water partition coefficient (Wildman–Crippen LogP) is 4.36. The molecule has 24 heavy (non-hydrogen) atoms. The van der Waals surface area contributed by atoms with Gasteiger partial charge in [0.25, 0.3) is 0 Å². The molecule has 0 saturated heterocycles. The summed E-state index contributed by atoms with van der Waals surface area (Å²) in [5.41, 5.74) is 1.74. The first-order chi connectivity index (χ1) is 11.6. The predicted molar refractivity (Wildman–Crippen MR) is 93.3 cm³/mol. The Hall–Kier alpha value is -2.14. The molecule has 1 heterocycles. The molecule has 4 nitrogen and oxygen atoms in total. The summed E-state index contributed by atoms with van der Waals surface area (Å²) in [6.07, 6.45) is 3.63. The summed E-state index contributed by atoms with van der Waals surface area (Å²) in [5, 5.41) is 0. The summed E-state index contributed by atoms with van der Waals surface area (Å²) < 4.78 is 11.5. The van der Waals surface area contributed by atoms with E-state index in [1.807, 2.05) is 30.3 Å². The maximum absolute atomic E-state index is 12.6. The molecule has 1 aromatic carbocycles. The Bertz CT molecular complexity index is 759. The van der Waals surface area contributed by atoms with E-state index >= 15 is 0 Å². The Labute approximate surface area is 148 Å². The maximum Gasteiger partial charge on any atom is 0.317 e. The number of halogens is 1. The number of ketones is 1. The van der Waals surface area contributed by atoms with Gasteiger partial charge in [0.2, 0.25) is 0 Å². The van der Waals surface area contributed by atoms with E-state index < -0.39 is 11.9 Å². The summed E-state index contributed by atoms with van der Waals surface area (Å²) >= 11 is 3.41. The molecular formula is C19H17BrO4. The van der Waals surface area contributed by atoms with Crippen LogP contribution in [-0.4, -0.2) is 18.4 Å². The zero-order chi connectivity index (χ0) is 17.1. The summed E-state index contributed by atoms with van der Waals surface area (Å²) in [6, 6.07) is 11.3. The van der Waals surface area contributed by atoms with Crippen LogP contribution in [0.1, 0.15) is 30.6 Å². The first-order valence-corrected chi connectivity index (χ1v) is 8.60. The number of hydrogen-bond acceptors (Lipinski definition) is 4. The molecule has 2 aromatic rings. The number of carbonyl (C=O) groups is 2. The molecule has 0 bridgehead atoms. The van der Waals surface area contributed by atoms with Crippen LogP contribution in [0.4, 0.5) is 0 Å². The van der Waals surface area contributed by atoms with Gasteiger partial charge in [-0.3, -0.25) is 9.59 Å². The van der Waals surface area contributed by atoms with Gasteiger partial charge in [0.05, 0.1) is 12.9 Å². The highest BCUT2D eigenvalue weighted by molar-refractivity contribution is 9.10. The van der Waals surface area contributed by atoms with Gasteiger partial charge in [-0.1, -0.05) is 28.1 Å². The molecule has 5 heteroatoms. The van der Waals surface area contributed by atoms with Gasteiger partial charge in [0.15, 0.2) is 5.78 Å². The van der Waals surface area contributed by atoms with Crippen molar-refractivity contribution < 1.29 is 18.7 Å². The highest BCUT2D eigenvalue weighted by Gasteiger charge is 2.40. The lowest BCUT2D eigenvalue weighted by molar-refractivity contribution is -0.151. The zero-order valence-corrected chi connectivity index (χ0v) is 14.8. The third-order valence-corrected chi connectivity index (χ3v) is 4.67. The minimum absolute atomic E-state index is 0.237. The fraction of sp³-hybridized carbons (Fsp3) is 0.263. The second-order valence-electron chi connectivity index (χ2n) is 5.64. The largest absolute Gasteiger partial charge is 0.465 e. The molecule has 1 aliphatic carbocycles. The van der Waals surface area contributed by atoms with Crippen LogP contribution in [0, 0.1) is 5.92 Å². The minimum atomic E-state index is -0.815. The quantitative estimate of drug-likeness (QED) is 0.576. The fourth-order valence-electron chi connectivity index (χ4n) is 3.04. The van der Waals surface area contributed by atoms with Gasteiger partial charge < -0.3 is 9.15 Å². The van der Waals surface area contributed by atoms with Crippen LogP contribution < -0.4 is 0 Å². The normalized spacial score (nSPS) is 20.6. The van der Waals surface area contributed by atoms with Crippen molar-refractivity contribution in [2.24, 2.45) is 5.92 Å². The Morgan fingerprint density at radius 2 is 2.04 bits per heavy atom. The average molecular weight is 389 g/mol. The smallest absolute Gasteiger partial charge is 0.317 e. The molecule has 0 saturated carbocycles. The molecule has 3 rings (SSSR count). The van der Waals surface area contributed by atoms with Gasteiger partial charge in [-0.2, -0.15) is 0 Å². The van der Waals surface area contributed by atoms with Crippen LogP contribution in [0.25, 0.3) is 5.57 Å². The van der Waals surface area contributed by atoms with E-state index in [1.165, 1.54) is 6.08 Å². The number of benzene rings is 1. The van der Waals surface area contributed by atoms with Gasteiger partial charge in [0, 0.05) is 10.4 Å². The maximum atomic E-state index is 12.6. The van der Waals surface area contributed by atoms with Crippen molar-refractivity contribution in [1.82, 2.24) is 0 Å². The van der Waals surface area contributed by atoms with Crippen LogP contribution in [0.15, 0.2) is 57.6 Å². The number of carbonyl (C=O) groups excluding carboxylic acids is 2. The Morgan fingerprint density at radius 3 is 2.67 bits per heavy atom. The number of rotatable bonds is 4. The molecule has 0 N–H and O–H groups in total. The van der Waals surface area contributed by atoms with Gasteiger partial charge in [-0.05, 0) is 54.8 Å². The van der Waals surface area contributed by atoms with Crippen LogP contribution in [0.5, 0.6) is 0 Å². The topological polar surface area (TPSA) is 56.5 Å². The lowest BCUT2D eigenvalue weighted by Gasteiger charge is -2.28. The second kappa shape index (κ2) is 7.18. The highest BCUT2D eigenvalue weighted by atomic mass is 79.9. The average Bonchev–Trinajstić information content (AvgIpc) is 3.09. The lowest BCUT2D eigenvalue weighted by Crippen LogP contribution is -2.33. The van der Waals surface area contributed by atoms with E-state index in [-0.39, 0.29) is 18.3 Å². The van der Waals surface area contributed by atoms with Crippen LogP contribution in [-0.2, 0) is 14.3 Å². The van der Waals surface area contributed by atoms with Gasteiger partial charge in [-0.15, -0.1) is 0 Å². The first kappa shape index (κ1) is 16.7. The van der Waals surface area contributed by atoms with E-state index in [0.29, 0.717) is 12.2 Å². The molecule has 124 valence electrons. The van der Waals surface area contributed by atoms with E-state index in [4.69, 9.17) is 9.15 Å². The Morgan fingerprint density at radius 1 is 1.29 bits per heavy atom. The van der Waals surface area contributed by atoms with Crippen LogP contribution in [0.3, 0.4) is 0 Å². The number of allylic oxidation sites excluding steroid dienone is 2. The number of ether oxygens (including phenoxy) is 1. The van der Waals surface area contributed by atoms with Crippen LogP contribution in [0.2, 0.25) is 0 Å². The summed E-state index contributed by atoms with van der Waals surface area (Å²) in [4.78, 5) is 25.0. The Balaban J connectivity index is 2.00. The number of furan rings is 1. The van der Waals surface area contributed by atoms with Crippen LogP contribution >= 0.6 is 15.9 Å². The molecule has 1 aliphatic rings. The molecular weight excluding hydrogens is 372 g/mol. The van der Waals surface area contributed by atoms with Crippen molar-refractivity contribution in [3.05, 3.63) is 64.5 Å². The third kappa shape index (κ3) is 3.36.